The highest BCUT2D eigenvalue weighted by Crippen LogP contribution is 2.29. The lowest BCUT2D eigenvalue weighted by Crippen LogP contribution is -2.18. The second-order valence-corrected chi connectivity index (χ2v) is 8.74. The Bertz CT molecular complexity index is 1010. The maximum absolute atomic E-state index is 12.8. The van der Waals surface area contributed by atoms with Gasteiger partial charge in [0.2, 0.25) is 0 Å². The molecule has 2 aromatic rings. The summed E-state index contributed by atoms with van der Waals surface area (Å²) >= 11 is 0. The summed E-state index contributed by atoms with van der Waals surface area (Å²) in [5.74, 6) is -0.996. The van der Waals surface area contributed by atoms with Crippen molar-refractivity contribution in [2.45, 2.75) is 17.9 Å². The molecule has 10 heteroatoms. The molecule has 30 heavy (non-hydrogen) atoms. The van der Waals surface area contributed by atoms with Crippen molar-refractivity contribution in [1.29, 1.82) is 0 Å². The maximum Gasteiger partial charge on any atom is 0.387 e. The minimum atomic E-state index is -3.66. The van der Waals surface area contributed by atoms with E-state index in [-0.39, 0.29) is 39.3 Å². The summed E-state index contributed by atoms with van der Waals surface area (Å²) in [6, 6.07) is 9.66. The first kappa shape index (κ1) is 22.0. The molecule has 0 bridgehead atoms. The molecule has 1 fully saturated rings. The zero-order chi connectivity index (χ0) is 21.7. The van der Waals surface area contributed by atoms with Gasteiger partial charge in [-0.2, -0.15) is 8.78 Å². The van der Waals surface area contributed by atoms with E-state index >= 15 is 0 Å². The van der Waals surface area contributed by atoms with E-state index in [0.29, 0.717) is 19.6 Å². The number of carbonyl (C=O) groups excluding carboxylic acids is 1. The molecule has 1 aliphatic rings. The Labute approximate surface area is 172 Å². The zero-order valence-electron chi connectivity index (χ0n) is 16.1. The van der Waals surface area contributed by atoms with Crippen molar-refractivity contribution in [3.05, 3.63) is 48.0 Å². The zero-order valence-corrected chi connectivity index (χ0v) is 17.0. The van der Waals surface area contributed by atoms with E-state index in [1.165, 1.54) is 49.6 Å². The van der Waals surface area contributed by atoms with Gasteiger partial charge in [-0.05, 0) is 42.7 Å². The molecule has 1 saturated heterocycles. The number of hydrogen-bond donors (Lipinski definition) is 1. The molecule has 1 aliphatic heterocycles. The summed E-state index contributed by atoms with van der Waals surface area (Å²) in [4.78, 5) is 12.8. The number of carbonyl (C=O) groups is 1. The largest absolute Gasteiger partial charge is 0.496 e. The summed E-state index contributed by atoms with van der Waals surface area (Å²) in [5, 5.41) is 2.47. The highest BCUT2D eigenvalue weighted by atomic mass is 32.2. The van der Waals surface area contributed by atoms with Crippen molar-refractivity contribution >= 4 is 21.4 Å². The quantitative estimate of drug-likeness (QED) is 0.676. The molecule has 2 aromatic carbocycles. The maximum atomic E-state index is 12.8. The van der Waals surface area contributed by atoms with Crippen molar-refractivity contribution in [3.8, 4) is 11.5 Å². The number of sulfone groups is 1. The molecular formula is C20H21F2NO6S. The molecule has 1 heterocycles. The molecule has 162 valence electrons. The summed E-state index contributed by atoms with van der Waals surface area (Å²) in [6.07, 6.45) is 0.656. The van der Waals surface area contributed by atoms with Gasteiger partial charge >= 0.3 is 6.61 Å². The van der Waals surface area contributed by atoms with Crippen molar-refractivity contribution in [2.24, 2.45) is 5.92 Å². The summed E-state index contributed by atoms with van der Waals surface area (Å²) < 4.78 is 65.5. The van der Waals surface area contributed by atoms with Crippen LogP contribution in [0, 0.1) is 5.92 Å². The molecular weight excluding hydrogens is 420 g/mol. The number of nitrogens with one attached hydrogen (secondary N) is 1. The number of methoxy groups -OCH3 is 1. The van der Waals surface area contributed by atoms with Crippen LogP contribution in [-0.2, 0) is 14.6 Å². The Morgan fingerprint density at radius 2 is 2.00 bits per heavy atom. The molecule has 0 saturated carbocycles. The monoisotopic (exact) mass is 441 g/mol. The van der Waals surface area contributed by atoms with Crippen LogP contribution >= 0.6 is 0 Å². The van der Waals surface area contributed by atoms with Crippen LogP contribution < -0.4 is 14.8 Å². The van der Waals surface area contributed by atoms with Gasteiger partial charge in [0, 0.05) is 6.61 Å². The number of ether oxygens (including phenoxy) is 3. The van der Waals surface area contributed by atoms with Crippen molar-refractivity contribution < 1.29 is 36.2 Å². The Kier molecular flexibility index (Phi) is 6.88. The molecule has 1 N–H and O–H groups in total. The van der Waals surface area contributed by atoms with Crippen LogP contribution in [0.1, 0.15) is 16.8 Å². The number of halogens is 2. The van der Waals surface area contributed by atoms with E-state index in [4.69, 9.17) is 9.47 Å². The fraction of sp³-hybridized carbons (Fsp3) is 0.350. The van der Waals surface area contributed by atoms with Gasteiger partial charge in [-0.25, -0.2) is 8.42 Å². The lowest BCUT2D eigenvalue weighted by atomic mass is 10.1. The first-order valence-corrected chi connectivity index (χ1v) is 10.8. The summed E-state index contributed by atoms with van der Waals surface area (Å²) in [5.41, 5.74) is -0.0330. The lowest BCUT2D eigenvalue weighted by molar-refractivity contribution is -0.0493. The topological polar surface area (TPSA) is 90.9 Å². The van der Waals surface area contributed by atoms with E-state index in [0.717, 1.165) is 0 Å². The van der Waals surface area contributed by atoms with Gasteiger partial charge in [0.25, 0.3) is 5.91 Å². The Morgan fingerprint density at radius 1 is 1.23 bits per heavy atom. The molecule has 1 atom stereocenters. The standard InChI is InChI=1S/C20H21F2NO6S/c1-27-17-7-6-14(30(25,26)12-13-8-9-28-11-13)10-15(17)19(24)23-16-4-2-3-5-18(16)29-20(21)22/h2-7,10,13,20H,8-9,11-12H2,1H3,(H,23,24)/t13-/m0/s1. The Balaban J connectivity index is 1.88. The van der Waals surface area contributed by atoms with E-state index < -0.39 is 22.4 Å². The summed E-state index contributed by atoms with van der Waals surface area (Å²) in [7, 11) is -2.32. The predicted octanol–water partition coefficient (Wildman–Crippen LogP) is 3.36. The minimum absolute atomic E-state index is 0.0150. The molecule has 3 rings (SSSR count). The normalized spacial score (nSPS) is 16.5. The molecule has 1 amide bonds. The SMILES string of the molecule is COc1ccc(S(=O)(=O)C[C@H]2CCOC2)cc1C(=O)Nc1ccccc1OC(F)F. The van der Waals surface area contributed by atoms with E-state index in [1.54, 1.807) is 0 Å². The second kappa shape index (κ2) is 9.40. The van der Waals surface area contributed by atoms with Crippen LogP contribution in [0.5, 0.6) is 11.5 Å². The molecule has 0 radical (unpaired) electrons. The first-order chi connectivity index (χ1) is 14.3. The van der Waals surface area contributed by atoms with Crippen molar-refractivity contribution in [3.63, 3.8) is 0 Å². The predicted molar refractivity (Wildman–Crippen MR) is 105 cm³/mol. The Morgan fingerprint density at radius 3 is 2.67 bits per heavy atom. The van der Waals surface area contributed by atoms with Gasteiger partial charge in [-0.15, -0.1) is 0 Å². The average molecular weight is 441 g/mol. The van der Waals surface area contributed by atoms with E-state index in [2.05, 4.69) is 10.1 Å². The van der Waals surface area contributed by atoms with Crippen molar-refractivity contribution in [2.75, 3.05) is 31.4 Å². The molecule has 0 unspecified atom stereocenters. The molecule has 0 aromatic heterocycles. The van der Waals surface area contributed by atoms with Gasteiger partial charge in [0.15, 0.2) is 9.84 Å². The van der Waals surface area contributed by atoms with Crippen LogP contribution in [0.25, 0.3) is 0 Å². The highest BCUT2D eigenvalue weighted by molar-refractivity contribution is 7.91. The van der Waals surface area contributed by atoms with Gasteiger partial charge in [0.05, 0.1) is 35.6 Å². The van der Waals surface area contributed by atoms with Gasteiger partial charge in [-0.3, -0.25) is 4.79 Å². The third-order valence-electron chi connectivity index (χ3n) is 4.61. The number of anilines is 1. The van der Waals surface area contributed by atoms with Crippen LogP contribution in [0.2, 0.25) is 0 Å². The molecule has 0 spiro atoms. The van der Waals surface area contributed by atoms with E-state index in [9.17, 15) is 22.0 Å². The van der Waals surface area contributed by atoms with E-state index in [1.807, 2.05) is 0 Å². The second-order valence-electron chi connectivity index (χ2n) is 6.70. The van der Waals surface area contributed by atoms with Gasteiger partial charge in [0.1, 0.15) is 11.5 Å². The molecule has 0 aliphatic carbocycles. The van der Waals surface area contributed by atoms with Gasteiger partial charge < -0.3 is 19.5 Å². The van der Waals surface area contributed by atoms with Crippen LogP contribution in [0.15, 0.2) is 47.4 Å². The number of para-hydroxylation sites is 2. The number of rotatable bonds is 8. The van der Waals surface area contributed by atoms with Crippen LogP contribution in [-0.4, -0.2) is 47.0 Å². The third-order valence-corrected chi connectivity index (χ3v) is 6.49. The smallest absolute Gasteiger partial charge is 0.387 e. The summed E-state index contributed by atoms with van der Waals surface area (Å²) in [6.45, 7) is -2.16. The lowest BCUT2D eigenvalue weighted by Gasteiger charge is -2.15. The van der Waals surface area contributed by atoms with Crippen LogP contribution in [0.3, 0.4) is 0 Å². The minimum Gasteiger partial charge on any atom is -0.496 e. The van der Waals surface area contributed by atoms with Crippen molar-refractivity contribution in [1.82, 2.24) is 0 Å². The highest BCUT2D eigenvalue weighted by Gasteiger charge is 2.26. The van der Waals surface area contributed by atoms with Crippen LogP contribution in [0.4, 0.5) is 14.5 Å². The van der Waals surface area contributed by atoms with Gasteiger partial charge in [-0.1, -0.05) is 12.1 Å². The molecule has 7 nitrogen and oxygen atoms in total. The fourth-order valence-corrected chi connectivity index (χ4v) is 4.79. The fourth-order valence-electron chi connectivity index (χ4n) is 3.14. The number of alkyl halides is 2. The number of benzene rings is 2. The average Bonchev–Trinajstić information content (AvgIpc) is 3.20. The third kappa shape index (κ3) is 5.25. The number of amides is 1. The first-order valence-electron chi connectivity index (χ1n) is 9.14. The Hall–Kier alpha value is -2.72. The number of hydrogen-bond acceptors (Lipinski definition) is 6.